The minimum atomic E-state index is -0.379. The molecule has 10 heteroatoms. The molecular formula is C26H26Br2O8. The number of hydrogen-bond acceptors (Lipinski definition) is 8. The summed E-state index contributed by atoms with van der Waals surface area (Å²) in [7, 11) is 0. The Morgan fingerprint density at radius 1 is 0.889 bits per heavy atom. The van der Waals surface area contributed by atoms with Crippen LogP contribution in [0.2, 0.25) is 0 Å². The van der Waals surface area contributed by atoms with E-state index in [1.165, 1.54) is 0 Å². The maximum Gasteiger partial charge on any atom is 0.338 e. The van der Waals surface area contributed by atoms with Gasteiger partial charge in [0.1, 0.15) is 19.8 Å². The standard InChI is InChI=1S/2C13H13BrO4/c1-3-9-7-17-11-6-8(13(15)16-4-2)5-10(14)12(11)18-9;1-2-16-13(15)9-7-10(14)12-11(8-9)17-5-3-4-6-18-12/h3,5-6,9H,1,4,7H2,2H3;3-4,7-8H,2,5-6H2,1H3/b;4-3-. The Kier molecular flexibility index (Phi) is 10.2. The van der Waals surface area contributed by atoms with Crippen LogP contribution in [0.5, 0.6) is 23.0 Å². The van der Waals surface area contributed by atoms with Crippen molar-refractivity contribution in [3.8, 4) is 23.0 Å². The first-order valence-corrected chi connectivity index (χ1v) is 12.8. The van der Waals surface area contributed by atoms with Crippen molar-refractivity contribution in [1.82, 2.24) is 0 Å². The van der Waals surface area contributed by atoms with E-state index in [-0.39, 0.29) is 18.0 Å². The lowest BCUT2D eigenvalue weighted by atomic mass is 10.2. The lowest BCUT2D eigenvalue weighted by molar-refractivity contribution is 0.0515. The number of rotatable bonds is 5. The number of carbonyl (C=O) groups excluding carboxylic acids is 2. The van der Waals surface area contributed by atoms with Crippen molar-refractivity contribution in [2.75, 3.05) is 33.0 Å². The molecule has 2 aromatic carbocycles. The molecule has 2 aliphatic heterocycles. The zero-order valence-corrected chi connectivity index (χ0v) is 23.1. The SMILES string of the molecule is C=CC1COc2cc(C(=O)OCC)cc(Br)c2O1.CCOC(=O)c1cc(Br)c2c(c1)OC/C=C\CO2. The van der Waals surface area contributed by atoms with E-state index in [0.29, 0.717) is 76.1 Å². The lowest BCUT2D eigenvalue weighted by Gasteiger charge is -2.25. The first kappa shape index (κ1) is 27.6. The highest BCUT2D eigenvalue weighted by Crippen LogP contribution is 2.40. The number of fused-ring (bicyclic) bond motifs is 2. The molecule has 0 bridgehead atoms. The number of halogens is 2. The molecule has 2 aliphatic rings. The van der Waals surface area contributed by atoms with Gasteiger partial charge in [-0.15, -0.1) is 0 Å². The maximum atomic E-state index is 11.7. The van der Waals surface area contributed by atoms with E-state index < -0.39 is 0 Å². The van der Waals surface area contributed by atoms with Gasteiger partial charge >= 0.3 is 11.9 Å². The fourth-order valence-electron chi connectivity index (χ4n) is 3.15. The minimum absolute atomic E-state index is 0.178. The van der Waals surface area contributed by atoms with Gasteiger partial charge in [-0.05, 0) is 88.2 Å². The summed E-state index contributed by atoms with van der Waals surface area (Å²) < 4.78 is 33.5. The molecule has 2 heterocycles. The topological polar surface area (TPSA) is 89.5 Å². The van der Waals surface area contributed by atoms with Crippen LogP contribution in [-0.2, 0) is 9.47 Å². The largest absolute Gasteiger partial charge is 0.486 e. The summed E-state index contributed by atoms with van der Waals surface area (Å²) in [6.45, 7) is 9.19. The molecular weight excluding hydrogens is 600 g/mol. The molecule has 0 aliphatic carbocycles. The Morgan fingerprint density at radius 3 is 1.97 bits per heavy atom. The lowest BCUT2D eigenvalue weighted by Crippen LogP contribution is -2.27. The molecule has 0 saturated heterocycles. The molecule has 192 valence electrons. The Hall–Kier alpha value is -2.98. The number of esters is 2. The monoisotopic (exact) mass is 624 g/mol. The molecule has 0 saturated carbocycles. The quantitative estimate of drug-likeness (QED) is 0.300. The summed E-state index contributed by atoms with van der Waals surface area (Å²) in [6, 6.07) is 6.59. The zero-order chi connectivity index (χ0) is 26.1. The van der Waals surface area contributed by atoms with Crippen molar-refractivity contribution < 1.29 is 38.0 Å². The third-order valence-electron chi connectivity index (χ3n) is 4.80. The van der Waals surface area contributed by atoms with E-state index >= 15 is 0 Å². The molecule has 36 heavy (non-hydrogen) atoms. The summed E-state index contributed by atoms with van der Waals surface area (Å²) in [5.74, 6) is 1.51. The molecule has 0 amide bonds. The van der Waals surface area contributed by atoms with Crippen LogP contribution in [-0.4, -0.2) is 51.1 Å². The van der Waals surface area contributed by atoms with Gasteiger partial charge in [0, 0.05) is 0 Å². The van der Waals surface area contributed by atoms with E-state index in [2.05, 4.69) is 38.4 Å². The Morgan fingerprint density at radius 2 is 1.42 bits per heavy atom. The molecule has 1 unspecified atom stereocenters. The van der Waals surface area contributed by atoms with E-state index in [1.807, 2.05) is 12.2 Å². The normalized spacial score (nSPS) is 16.3. The van der Waals surface area contributed by atoms with E-state index in [1.54, 1.807) is 44.2 Å². The number of benzene rings is 2. The van der Waals surface area contributed by atoms with Crippen LogP contribution in [0.1, 0.15) is 34.6 Å². The van der Waals surface area contributed by atoms with Crippen molar-refractivity contribution in [2.24, 2.45) is 0 Å². The van der Waals surface area contributed by atoms with Crippen molar-refractivity contribution in [2.45, 2.75) is 20.0 Å². The fourth-order valence-corrected chi connectivity index (χ4v) is 4.24. The van der Waals surface area contributed by atoms with Gasteiger partial charge in [-0.3, -0.25) is 0 Å². The van der Waals surface area contributed by atoms with Gasteiger partial charge in [0.25, 0.3) is 0 Å². The third kappa shape index (κ3) is 7.04. The molecule has 0 aromatic heterocycles. The minimum Gasteiger partial charge on any atom is -0.486 e. The van der Waals surface area contributed by atoms with Gasteiger partial charge in [0.2, 0.25) is 0 Å². The highest BCUT2D eigenvalue weighted by molar-refractivity contribution is 9.11. The van der Waals surface area contributed by atoms with Crippen molar-refractivity contribution >= 4 is 43.8 Å². The molecule has 8 nitrogen and oxygen atoms in total. The van der Waals surface area contributed by atoms with E-state index in [9.17, 15) is 9.59 Å². The van der Waals surface area contributed by atoms with Crippen LogP contribution >= 0.6 is 31.9 Å². The predicted octanol–water partition coefficient (Wildman–Crippen LogP) is 5.90. The molecule has 0 radical (unpaired) electrons. The average molecular weight is 626 g/mol. The first-order valence-electron chi connectivity index (χ1n) is 11.2. The smallest absolute Gasteiger partial charge is 0.338 e. The van der Waals surface area contributed by atoms with Gasteiger partial charge in [0.05, 0.1) is 33.3 Å². The Bertz CT molecular complexity index is 1130. The van der Waals surface area contributed by atoms with Crippen LogP contribution in [0.4, 0.5) is 0 Å². The maximum absolute atomic E-state index is 11.7. The highest BCUT2D eigenvalue weighted by Gasteiger charge is 2.23. The molecule has 2 aromatic rings. The van der Waals surface area contributed by atoms with Crippen LogP contribution in [0, 0.1) is 0 Å². The molecule has 1 atom stereocenters. The van der Waals surface area contributed by atoms with Gasteiger partial charge in [-0.2, -0.15) is 0 Å². The van der Waals surface area contributed by atoms with E-state index in [0.717, 1.165) is 0 Å². The van der Waals surface area contributed by atoms with Crippen molar-refractivity contribution in [3.63, 3.8) is 0 Å². The second-order valence-corrected chi connectivity index (χ2v) is 9.02. The van der Waals surface area contributed by atoms with Crippen molar-refractivity contribution in [3.05, 3.63) is 69.1 Å². The molecule has 0 fully saturated rings. The fraction of sp³-hybridized carbons (Fsp3) is 0.308. The Balaban J connectivity index is 0.000000201. The number of ether oxygens (including phenoxy) is 6. The number of hydrogen-bond donors (Lipinski definition) is 0. The average Bonchev–Trinajstić information content (AvgIpc) is 2.85. The van der Waals surface area contributed by atoms with Crippen LogP contribution in [0.3, 0.4) is 0 Å². The Labute approximate surface area is 226 Å². The van der Waals surface area contributed by atoms with Gasteiger partial charge < -0.3 is 28.4 Å². The second kappa shape index (κ2) is 13.4. The van der Waals surface area contributed by atoms with Gasteiger partial charge in [-0.25, -0.2) is 9.59 Å². The first-order chi connectivity index (χ1) is 17.4. The van der Waals surface area contributed by atoms with Crippen LogP contribution in [0.25, 0.3) is 0 Å². The third-order valence-corrected chi connectivity index (χ3v) is 5.98. The highest BCUT2D eigenvalue weighted by atomic mass is 79.9. The molecule has 0 N–H and O–H groups in total. The van der Waals surface area contributed by atoms with Crippen molar-refractivity contribution in [1.29, 1.82) is 0 Å². The number of carbonyl (C=O) groups is 2. The molecule has 4 rings (SSSR count). The molecule has 0 spiro atoms. The summed E-state index contributed by atoms with van der Waals surface area (Å²) >= 11 is 6.74. The summed E-state index contributed by atoms with van der Waals surface area (Å²) in [6.07, 6.45) is 5.25. The summed E-state index contributed by atoms with van der Waals surface area (Å²) in [5.41, 5.74) is 0.874. The van der Waals surface area contributed by atoms with Crippen LogP contribution in [0.15, 0.2) is 58.0 Å². The van der Waals surface area contributed by atoms with Gasteiger partial charge in [-0.1, -0.05) is 6.58 Å². The van der Waals surface area contributed by atoms with Crippen LogP contribution < -0.4 is 18.9 Å². The zero-order valence-electron chi connectivity index (χ0n) is 19.9. The predicted molar refractivity (Wildman–Crippen MR) is 140 cm³/mol. The second-order valence-electron chi connectivity index (χ2n) is 7.31. The summed E-state index contributed by atoms with van der Waals surface area (Å²) in [5, 5.41) is 0. The van der Waals surface area contributed by atoms with E-state index in [4.69, 9.17) is 28.4 Å². The summed E-state index contributed by atoms with van der Waals surface area (Å²) in [4.78, 5) is 23.3. The van der Waals surface area contributed by atoms with Gasteiger partial charge in [0.15, 0.2) is 29.1 Å².